The molecule has 1 fully saturated rings. The Morgan fingerprint density at radius 3 is 2.79 bits per heavy atom. The molecule has 1 saturated heterocycles. The lowest BCUT2D eigenvalue weighted by Gasteiger charge is -2.22. The SMILES string of the molecule is CCN(CC)c1ccc(CNC(=NC)N2CCC(COC)C2)cn1. The zero-order valence-electron chi connectivity index (χ0n) is 15.5. The summed E-state index contributed by atoms with van der Waals surface area (Å²) in [6.45, 7) is 9.86. The Labute approximate surface area is 145 Å². The van der Waals surface area contributed by atoms with Crippen molar-refractivity contribution in [3.63, 3.8) is 0 Å². The Kier molecular flexibility index (Phi) is 7.31. The van der Waals surface area contributed by atoms with Gasteiger partial charge in [0.15, 0.2) is 5.96 Å². The molecule has 134 valence electrons. The van der Waals surface area contributed by atoms with E-state index in [1.54, 1.807) is 7.11 Å². The number of aromatic nitrogens is 1. The number of methoxy groups -OCH3 is 1. The summed E-state index contributed by atoms with van der Waals surface area (Å²) in [5.41, 5.74) is 1.17. The van der Waals surface area contributed by atoms with Crippen molar-refractivity contribution in [2.75, 3.05) is 51.8 Å². The van der Waals surface area contributed by atoms with Gasteiger partial charge in [0, 0.05) is 59.0 Å². The molecule has 24 heavy (non-hydrogen) atoms. The highest BCUT2D eigenvalue weighted by Crippen LogP contribution is 2.16. The largest absolute Gasteiger partial charge is 0.384 e. The molecule has 1 N–H and O–H groups in total. The number of guanidine groups is 1. The van der Waals surface area contributed by atoms with E-state index < -0.39 is 0 Å². The van der Waals surface area contributed by atoms with Gasteiger partial charge in [-0.05, 0) is 31.9 Å². The summed E-state index contributed by atoms with van der Waals surface area (Å²) in [7, 11) is 3.61. The van der Waals surface area contributed by atoms with Crippen molar-refractivity contribution in [3.05, 3.63) is 23.9 Å². The van der Waals surface area contributed by atoms with Gasteiger partial charge in [-0.3, -0.25) is 4.99 Å². The molecule has 1 aromatic rings. The van der Waals surface area contributed by atoms with E-state index in [2.05, 4.69) is 51.1 Å². The number of aliphatic imine (C=N–C) groups is 1. The standard InChI is InChI=1S/C18H31N5O/c1-5-22(6-2)17-8-7-15(11-20-17)12-21-18(19-3)23-10-9-16(13-23)14-24-4/h7-8,11,16H,5-6,9-10,12-14H2,1-4H3,(H,19,21). The Hall–Kier alpha value is -1.82. The molecule has 1 aromatic heterocycles. The molecule has 0 aromatic carbocycles. The second-order valence-electron chi connectivity index (χ2n) is 6.15. The maximum Gasteiger partial charge on any atom is 0.193 e. The average Bonchev–Trinajstić information content (AvgIpc) is 3.07. The van der Waals surface area contributed by atoms with Gasteiger partial charge < -0.3 is 19.9 Å². The van der Waals surface area contributed by atoms with E-state index >= 15 is 0 Å². The fraction of sp³-hybridized carbons (Fsp3) is 0.667. The first-order valence-corrected chi connectivity index (χ1v) is 8.86. The third kappa shape index (κ3) is 4.84. The molecular formula is C18H31N5O. The zero-order valence-corrected chi connectivity index (χ0v) is 15.5. The minimum atomic E-state index is 0.601. The quantitative estimate of drug-likeness (QED) is 0.611. The summed E-state index contributed by atoms with van der Waals surface area (Å²) in [6.07, 6.45) is 3.11. The first-order valence-electron chi connectivity index (χ1n) is 8.86. The van der Waals surface area contributed by atoms with E-state index in [9.17, 15) is 0 Å². The highest BCUT2D eigenvalue weighted by Gasteiger charge is 2.24. The van der Waals surface area contributed by atoms with Gasteiger partial charge in [-0.2, -0.15) is 0 Å². The molecule has 2 rings (SSSR count). The van der Waals surface area contributed by atoms with Crippen LogP contribution in [0.15, 0.2) is 23.3 Å². The van der Waals surface area contributed by atoms with Crippen molar-refractivity contribution < 1.29 is 4.74 Å². The molecule has 6 heteroatoms. The maximum absolute atomic E-state index is 5.27. The molecule has 1 unspecified atom stereocenters. The summed E-state index contributed by atoms with van der Waals surface area (Å²) >= 11 is 0. The van der Waals surface area contributed by atoms with Crippen molar-refractivity contribution in [1.82, 2.24) is 15.2 Å². The van der Waals surface area contributed by atoms with Gasteiger partial charge in [0.05, 0.1) is 6.61 Å². The number of hydrogen-bond acceptors (Lipinski definition) is 4. The topological polar surface area (TPSA) is 53.0 Å². The Balaban J connectivity index is 1.87. The molecule has 0 aliphatic carbocycles. The summed E-state index contributed by atoms with van der Waals surface area (Å²) in [4.78, 5) is 13.5. The number of likely N-dealkylation sites (tertiary alicyclic amines) is 1. The van der Waals surface area contributed by atoms with Crippen LogP contribution in [-0.2, 0) is 11.3 Å². The summed E-state index contributed by atoms with van der Waals surface area (Å²) < 4.78 is 5.27. The number of nitrogens with one attached hydrogen (secondary N) is 1. The molecule has 0 bridgehead atoms. The van der Waals surface area contributed by atoms with Crippen molar-refractivity contribution in [3.8, 4) is 0 Å². The van der Waals surface area contributed by atoms with Crippen LogP contribution in [0.25, 0.3) is 0 Å². The number of pyridine rings is 1. The lowest BCUT2D eigenvalue weighted by atomic mass is 10.1. The molecular weight excluding hydrogens is 302 g/mol. The van der Waals surface area contributed by atoms with Crippen LogP contribution in [-0.4, -0.2) is 62.8 Å². The van der Waals surface area contributed by atoms with Crippen molar-refractivity contribution >= 4 is 11.8 Å². The van der Waals surface area contributed by atoms with Gasteiger partial charge in [-0.15, -0.1) is 0 Å². The monoisotopic (exact) mass is 333 g/mol. The van der Waals surface area contributed by atoms with Crippen molar-refractivity contribution in [2.24, 2.45) is 10.9 Å². The number of anilines is 1. The van der Waals surface area contributed by atoms with Gasteiger partial charge in [-0.1, -0.05) is 6.07 Å². The normalized spacial score (nSPS) is 18.1. The second kappa shape index (κ2) is 9.47. The van der Waals surface area contributed by atoms with E-state index in [4.69, 9.17) is 4.74 Å². The lowest BCUT2D eigenvalue weighted by molar-refractivity contribution is 0.157. The van der Waals surface area contributed by atoms with E-state index in [0.717, 1.165) is 57.5 Å². The van der Waals surface area contributed by atoms with E-state index in [1.807, 2.05) is 13.2 Å². The first kappa shape index (κ1) is 18.5. The predicted molar refractivity (Wildman–Crippen MR) is 99.6 cm³/mol. The van der Waals surface area contributed by atoms with Crippen LogP contribution in [0.4, 0.5) is 5.82 Å². The van der Waals surface area contributed by atoms with Gasteiger partial charge in [0.25, 0.3) is 0 Å². The van der Waals surface area contributed by atoms with Crippen LogP contribution < -0.4 is 10.2 Å². The molecule has 0 radical (unpaired) electrons. The molecule has 6 nitrogen and oxygen atoms in total. The minimum absolute atomic E-state index is 0.601. The molecule has 0 amide bonds. The summed E-state index contributed by atoms with van der Waals surface area (Å²) in [6, 6.07) is 4.23. The van der Waals surface area contributed by atoms with E-state index in [-0.39, 0.29) is 0 Å². The lowest BCUT2D eigenvalue weighted by Crippen LogP contribution is -2.39. The number of rotatable bonds is 7. The third-order valence-corrected chi connectivity index (χ3v) is 4.55. The molecule has 2 heterocycles. The van der Waals surface area contributed by atoms with Gasteiger partial charge in [-0.25, -0.2) is 4.98 Å². The Morgan fingerprint density at radius 2 is 2.21 bits per heavy atom. The maximum atomic E-state index is 5.27. The minimum Gasteiger partial charge on any atom is -0.384 e. The van der Waals surface area contributed by atoms with Gasteiger partial charge in [0.2, 0.25) is 0 Å². The van der Waals surface area contributed by atoms with E-state index in [0.29, 0.717) is 5.92 Å². The highest BCUT2D eigenvalue weighted by atomic mass is 16.5. The Bertz CT molecular complexity index is 513. The predicted octanol–water partition coefficient (Wildman–Crippen LogP) is 1.97. The molecule has 0 saturated carbocycles. The van der Waals surface area contributed by atoms with Crippen LogP contribution >= 0.6 is 0 Å². The summed E-state index contributed by atoms with van der Waals surface area (Å²) in [5, 5.41) is 3.45. The van der Waals surface area contributed by atoms with Crippen LogP contribution in [0, 0.1) is 5.92 Å². The van der Waals surface area contributed by atoms with Crippen LogP contribution in [0.5, 0.6) is 0 Å². The smallest absolute Gasteiger partial charge is 0.193 e. The average molecular weight is 333 g/mol. The van der Waals surface area contributed by atoms with Crippen molar-refractivity contribution in [1.29, 1.82) is 0 Å². The molecule has 0 spiro atoms. The van der Waals surface area contributed by atoms with Gasteiger partial charge in [0.1, 0.15) is 5.82 Å². The highest BCUT2D eigenvalue weighted by molar-refractivity contribution is 5.80. The zero-order chi connectivity index (χ0) is 17.4. The van der Waals surface area contributed by atoms with Crippen LogP contribution in [0.1, 0.15) is 25.8 Å². The fourth-order valence-corrected chi connectivity index (χ4v) is 3.17. The second-order valence-corrected chi connectivity index (χ2v) is 6.15. The van der Waals surface area contributed by atoms with E-state index in [1.165, 1.54) is 5.56 Å². The first-order chi connectivity index (χ1) is 11.7. The fourth-order valence-electron chi connectivity index (χ4n) is 3.17. The molecule has 1 atom stereocenters. The number of hydrogen-bond donors (Lipinski definition) is 1. The van der Waals surface area contributed by atoms with Crippen LogP contribution in [0.2, 0.25) is 0 Å². The molecule has 1 aliphatic rings. The number of nitrogens with zero attached hydrogens (tertiary/aromatic N) is 4. The van der Waals surface area contributed by atoms with Crippen LogP contribution in [0.3, 0.4) is 0 Å². The Morgan fingerprint density at radius 1 is 1.42 bits per heavy atom. The van der Waals surface area contributed by atoms with Gasteiger partial charge >= 0.3 is 0 Å². The third-order valence-electron chi connectivity index (χ3n) is 4.55. The number of ether oxygens (including phenoxy) is 1. The van der Waals surface area contributed by atoms with Crippen molar-refractivity contribution in [2.45, 2.75) is 26.8 Å². The molecule has 1 aliphatic heterocycles. The summed E-state index contributed by atoms with van der Waals surface area (Å²) in [5.74, 6) is 2.60.